The average Bonchev–Trinajstić information content (AvgIpc) is 3.23. The van der Waals surface area contributed by atoms with Crippen molar-refractivity contribution in [2.45, 2.75) is 6.04 Å². The molecule has 1 aromatic carbocycles. The fourth-order valence-electron chi connectivity index (χ4n) is 3.17. The van der Waals surface area contributed by atoms with Gasteiger partial charge in [0.25, 0.3) is 5.91 Å². The minimum Gasteiger partial charge on any atom is -0.490 e. The van der Waals surface area contributed by atoms with Crippen LogP contribution in [0.3, 0.4) is 0 Å². The second-order valence-electron chi connectivity index (χ2n) is 6.53. The predicted molar refractivity (Wildman–Crippen MR) is 116 cm³/mol. The quantitative estimate of drug-likeness (QED) is 0.635. The number of ether oxygens (including phenoxy) is 1. The van der Waals surface area contributed by atoms with Crippen LogP contribution in [-0.4, -0.2) is 48.1 Å². The molecular formula is C21H22Cl2FN3O3. The van der Waals surface area contributed by atoms with E-state index in [0.29, 0.717) is 37.8 Å². The summed E-state index contributed by atoms with van der Waals surface area (Å²) in [7, 11) is 0. The Morgan fingerprint density at radius 3 is 2.73 bits per heavy atom. The first-order valence-corrected chi connectivity index (χ1v) is 9.11. The molecule has 0 bridgehead atoms. The largest absolute Gasteiger partial charge is 0.490 e. The van der Waals surface area contributed by atoms with Crippen LogP contribution in [0.25, 0.3) is 11.3 Å². The maximum absolute atomic E-state index is 13.1. The molecule has 6 nitrogen and oxygen atoms in total. The number of pyridine rings is 1. The Balaban J connectivity index is 0.00000160. The zero-order chi connectivity index (χ0) is 19.3. The highest BCUT2D eigenvalue weighted by molar-refractivity contribution is 5.92. The van der Waals surface area contributed by atoms with Gasteiger partial charge in [0.05, 0.1) is 12.2 Å². The van der Waals surface area contributed by atoms with E-state index in [-0.39, 0.29) is 48.3 Å². The predicted octanol–water partition coefficient (Wildman–Crippen LogP) is 3.82. The summed E-state index contributed by atoms with van der Waals surface area (Å²) >= 11 is 0. The maximum Gasteiger partial charge on any atom is 0.290 e. The SMILES string of the molecule is Cl.Cl.O=C(c1ccc(-c2ccc(F)cc2)o1)N1CCNCC1COc1cccnc1. The molecule has 0 radical (unpaired) electrons. The molecule has 1 N–H and O–H groups in total. The molecule has 0 spiro atoms. The van der Waals surface area contributed by atoms with Crippen molar-refractivity contribution in [2.24, 2.45) is 0 Å². The van der Waals surface area contributed by atoms with Gasteiger partial charge in [0.1, 0.15) is 23.9 Å². The van der Waals surface area contributed by atoms with Crippen LogP contribution in [0.4, 0.5) is 4.39 Å². The standard InChI is InChI=1S/C21H20FN3O3.2ClH/c22-16-5-3-15(4-6-16)19-7-8-20(28-19)21(26)25-11-10-24-12-17(25)14-27-18-2-1-9-23-13-18;;/h1-9,13,17,24H,10-12,14H2;2*1H. The van der Waals surface area contributed by atoms with Gasteiger partial charge < -0.3 is 19.4 Å². The van der Waals surface area contributed by atoms with Gasteiger partial charge in [0.2, 0.25) is 0 Å². The smallest absolute Gasteiger partial charge is 0.290 e. The van der Waals surface area contributed by atoms with Crippen molar-refractivity contribution in [3.05, 3.63) is 72.5 Å². The van der Waals surface area contributed by atoms with E-state index in [1.54, 1.807) is 47.6 Å². The fourth-order valence-corrected chi connectivity index (χ4v) is 3.17. The molecule has 1 saturated heterocycles. The number of hydrogen-bond acceptors (Lipinski definition) is 5. The minimum atomic E-state index is -0.316. The molecule has 2 aromatic heterocycles. The van der Waals surface area contributed by atoms with Gasteiger partial charge >= 0.3 is 0 Å². The van der Waals surface area contributed by atoms with Crippen LogP contribution in [-0.2, 0) is 0 Å². The second-order valence-corrected chi connectivity index (χ2v) is 6.53. The molecule has 1 fully saturated rings. The number of nitrogens with one attached hydrogen (secondary N) is 1. The normalized spacial score (nSPS) is 15.6. The molecule has 1 unspecified atom stereocenters. The number of rotatable bonds is 5. The van der Waals surface area contributed by atoms with Crippen LogP contribution in [0.5, 0.6) is 5.75 Å². The lowest BCUT2D eigenvalue weighted by atomic mass is 10.2. The Bertz CT molecular complexity index is 938. The molecule has 3 aromatic rings. The summed E-state index contributed by atoms with van der Waals surface area (Å²) in [6, 6.07) is 12.9. The molecule has 1 atom stereocenters. The summed E-state index contributed by atoms with van der Waals surface area (Å²) in [5.74, 6) is 0.949. The zero-order valence-electron chi connectivity index (χ0n) is 16.0. The molecule has 30 heavy (non-hydrogen) atoms. The number of nitrogens with zero attached hydrogens (tertiary/aromatic N) is 2. The van der Waals surface area contributed by atoms with Crippen molar-refractivity contribution in [1.29, 1.82) is 0 Å². The van der Waals surface area contributed by atoms with E-state index >= 15 is 0 Å². The molecule has 1 amide bonds. The van der Waals surface area contributed by atoms with E-state index in [1.807, 2.05) is 6.07 Å². The number of benzene rings is 1. The van der Waals surface area contributed by atoms with Crippen LogP contribution >= 0.6 is 24.8 Å². The van der Waals surface area contributed by atoms with Crippen LogP contribution < -0.4 is 10.1 Å². The third-order valence-electron chi connectivity index (χ3n) is 4.63. The number of piperazine rings is 1. The van der Waals surface area contributed by atoms with E-state index in [0.717, 1.165) is 5.56 Å². The molecule has 1 aliphatic rings. The fraction of sp³-hybridized carbons (Fsp3) is 0.238. The molecule has 9 heteroatoms. The Morgan fingerprint density at radius 2 is 2.00 bits per heavy atom. The van der Waals surface area contributed by atoms with E-state index in [1.165, 1.54) is 12.1 Å². The van der Waals surface area contributed by atoms with E-state index in [4.69, 9.17) is 9.15 Å². The summed E-state index contributed by atoms with van der Waals surface area (Å²) in [4.78, 5) is 18.8. The first kappa shape index (κ1) is 23.7. The first-order valence-electron chi connectivity index (χ1n) is 9.11. The van der Waals surface area contributed by atoms with Crippen LogP contribution in [0.15, 0.2) is 65.3 Å². The Morgan fingerprint density at radius 1 is 1.20 bits per heavy atom. The summed E-state index contributed by atoms with van der Waals surface area (Å²) in [5, 5.41) is 3.29. The summed E-state index contributed by atoms with van der Waals surface area (Å²) in [6.45, 7) is 2.26. The third-order valence-corrected chi connectivity index (χ3v) is 4.63. The number of hydrogen-bond donors (Lipinski definition) is 1. The monoisotopic (exact) mass is 453 g/mol. The summed E-state index contributed by atoms with van der Waals surface area (Å²) in [5.41, 5.74) is 0.720. The Labute approximate surface area is 186 Å². The van der Waals surface area contributed by atoms with Gasteiger partial charge in [-0.05, 0) is 48.5 Å². The number of furan rings is 1. The Hall–Kier alpha value is -2.61. The van der Waals surface area contributed by atoms with Gasteiger partial charge in [0, 0.05) is 31.4 Å². The van der Waals surface area contributed by atoms with Gasteiger partial charge in [0.15, 0.2) is 5.76 Å². The zero-order valence-corrected chi connectivity index (χ0v) is 17.6. The van der Waals surface area contributed by atoms with Gasteiger partial charge in [-0.15, -0.1) is 24.8 Å². The molecule has 0 saturated carbocycles. The average molecular weight is 454 g/mol. The minimum absolute atomic E-state index is 0. The van der Waals surface area contributed by atoms with Crippen molar-refractivity contribution in [1.82, 2.24) is 15.2 Å². The lowest BCUT2D eigenvalue weighted by Gasteiger charge is -2.35. The van der Waals surface area contributed by atoms with E-state index < -0.39 is 0 Å². The van der Waals surface area contributed by atoms with Gasteiger partial charge in [-0.2, -0.15) is 0 Å². The molecule has 3 heterocycles. The van der Waals surface area contributed by atoms with E-state index in [9.17, 15) is 9.18 Å². The number of carbonyl (C=O) groups excluding carboxylic acids is 1. The van der Waals surface area contributed by atoms with Crippen molar-refractivity contribution < 1.29 is 18.3 Å². The number of halogens is 3. The van der Waals surface area contributed by atoms with Gasteiger partial charge in [-0.25, -0.2) is 4.39 Å². The van der Waals surface area contributed by atoms with Crippen LogP contribution in [0, 0.1) is 5.82 Å². The summed E-state index contributed by atoms with van der Waals surface area (Å²) < 4.78 is 24.6. The van der Waals surface area contributed by atoms with Crippen molar-refractivity contribution >= 4 is 30.7 Å². The van der Waals surface area contributed by atoms with Crippen LogP contribution in [0.1, 0.15) is 10.6 Å². The number of carbonyl (C=O) groups is 1. The lowest BCUT2D eigenvalue weighted by molar-refractivity contribution is 0.0529. The molecule has 0 aliphatic carbocycles. The molecule has 4 rings (SSSR count). The Kier molecular flexibility index (Phi) is 8.65. The van der Waals surface area contributed by atoms with Gasteiger partial charge in [-0.3, -0.25) is 9.78 Å². The maximum atomic E-state index is 13.1. The first-order chi connectivity index (χ1) is 13.7. The molecule has 1 aliphatic heterocycles. The van der Waals surface area contributed by atoms with Crippen molar-refractivity contribution in [2.75, 3.05) is 26.2 Å². The molecule has 160 valence electrons. The van der Waals surface area contributed by atoms with Gasteiger partial charge in [-0.1, -0.05) is 0 Å². The topological polar surface area (TPSA) is 67.6 Å². The molecular weight excluding hydrogens is 432 g/mol. The highest BCUT2D eigenvalue weighted by atomic mass is 35.5. The second kappa shape index (κ2) is 11.0. The lowest BCUT2D eigenvalue weighted by Crippen LogP contribution is -2.55. The highest BCUT2D eigenvalue weighted by Crippen LogP contribution is 2.24. The van der Waals surface area contributed by atoms with Crippen LogP contribution in [0.2, 0.25) is 0 Å². The third kappa shape index (κ3) is 5.50. The van der Waals surface area contributed by atoms with E-state index in [2.05, 4.69) is 10.3 Å². The van der Waals surface area contributed by atoms with Crippen molar-refractivity contribution in [3.8, 4) is 17.1 Å². The number of aromatic nitrogens is 1. The number of amides is 1. The van der Waals surface area contributed by atoms with Crippen molar-refractivity contribution in [3.63, 3.8) is 0 Å². The highest BCUT2D eigenvalue weighted by Gasteiger charge is 2.29. The summed E-state index contributed by atoms with van der Waals surface area (Å²) in [6.07, 6.45) is 3.32.